The molecule has 0 saturated carbocycles. The van der Waals surface area contributed by atoms with Gasteiger partial charge in [-0.25, -0.2) is 0 Å². The van der Waals surface area contributed by atoms with Crippen LogP contribution in [-0.4, -0.2) is 87.7 Å². The molecule has 0 aliphatic carbocycles. The van der Waals surface area contributed by atoms with Crippen LogP contribution in [-0.2, 0) is 0 Å². The number of nitrogens with one attached hydrogen (secondary N) is 1. The van der Waals surface area contributed by atoms with Gasteiger partial charge in [0.15, 0.2) is 0 Å². The predicted molar refractivity (Wildman–Crippen MR) is 81.3 cm³/mol. The summed E-state index contributed by atoms with van der Waals surface area (Å²) < 4.78 is 0. The molecule has 0 aliphatic heterocycles. The van der Waals surface area contributed by atoms with Crippen molar-refractivity contribution < 1.29 is 0 Å². The van der Waals surface area contributed by atoms with Crippen molar-refractivity contribution in [1.82, 2.24) is 20.0 Å². The third-order valence-corrected chi connectivity index (χ3v) is 3.62. The zero-order chi connectivity index (χ0) is 13.8. The summed E-state index contributed by atoms with van der Waals surface area (Å²) in [4.78, 5) is 7.43. The first-order chi connectivity index (χ1) is 8.67. The normalized spacial score (nSPS) is 12.0. The topological polar surface area (TPSA) is 21.8 Å². The molecule has 110 valence electrons. The molecule has 0 radical (unpaired) electrons. The van der Waals surface area contributed by atoms with E-state index in [4.69, 9.17) is 0 Å². The Morgan fingerprint density at radius 3 is 1.67 bits per heavy atom. The fourth-order valence-electron chi connectivity index (χ4n) is 1.97. The molecule has 0 atom stereocenters. The van der Waals surface area contributed by atoms with Crippen LogP contribution in [0.25, 0.3) is 0 Å². The SMILES string of the molecule is CCN(CC)CCN(C)CCN(CC)CCNC. The number of nitrogens with zero attached hydrogens (tertiary/aromatic N) is 3. The predicted octanol–water partition coefficient (Wildman–Crippen LogP) is 0.801. The van der Waals surface area contributed by atoms with Crippen LogP contribution in [0.1, 0.15) is 20.8 Å². The van der Waals surface area contributed by atoms with Gasteiger partial charge in [0.05, 0.1) is 0 Å². The molecule has 0 unspecified atom stereocenters. The monoisotopic (exact) mass is 258 g/mol. The summed E-state index contributed by atoms with van der Waals surface area (Å²) >= 11 is 0. The second-order valence-electron chi connectivity index (χ2n) is 4.87. The van der Waals surface area contributed by atoms with Crippen molar-refractivity contribution >= 4 is 0 Å². The summed E-state index contributed by atoms with van der Waals surface area (Å²) in [6.07, 6.45) is 0. The summed E-state index contributed by atoms with van der Waals surface area (Å²) in [5.41, 5.74) is 0. The molecular weight excluding hydrogens is 224 g/mol. The van der Waals surface area contributed by atoms with Crippen LogP contribution in [0, 0.1) is 0 Å². The quantitative estimate of drug-likeness (QED) is 0.559. The molecule has 0 heterocycles. The van der Waals surface area contributed by atoms with Crippen LogP contribution in [0.2, 0.25) is 0 Å². The molecule has 0 amide bonds. The Balaban J connectivity index is 3.69. The highest BCUT2D eigenvalue weighted by molar-refractivity contribution is 4.62. The van der Waals surface area contributed by atoms with Crippen LogP contribution in [0.3, 0.4) is 0 Å². The summed E-state index contributed by atoms with van der Waals surface area (Å²) in [5, 5.41) is 3.21. The van der Waals surface area contributed by atoms with E-state index in [1.165, 1.54) is 26.2 Å². The van der Waals surface area contributed by atoms with Crippen LogP contribution < -0.4 is 5.32 Å². The van der Waals surface area contributed by atoms with E-state index in [9.17, 15) is 0 Å². The van der Waals surface area contributed by atoms with Crippen LogP contribution >= 0.6 is 0 Å². The molecule has 0 aliphatic rings. The van der Waals surface area contributed by atoms with E-state index < -0.39 is 0 Å². The van der Waals surface area contributed by atoms with Crippen molar-refractivity contribution in [3.05, 3.63) is 0 Å². The highest BCUT2D eigenvalue weighted by Crippen LogP contribution is 1.92. The fraction of sp³-hybridized carbons (Fsp3) is 1.00. The lowest BCUT2D eigenvalue weighted by Crippen LogP contribution is -2.39. The minimum absolute atomic E-state index is 1.08. The average molecular weight is 258 g/mol. The first kappa shape index (κ1) is 17.8. The molecule has 0 aromatic rings. The maximum atomic E-state index is 3.21. The van der Waals surface area contributed by atoms with Gasteiger partial charge in [-0.15, -0.1) is 0 Å². The minimum Gasteiger partial charge on any atom is -0.318 e. The molecule has 0 aromatic carbocycles. The van der Waals surface area contributed by atoms with E-state index in [1.54, 1.807) is 0 Å². The first-order valence-corrected chi connectivity index (χ1v) is 7.45. The molecule has 0 bridgehead atoms. The van der Waals surface area contributed by atoms with Crippen molar-refractivity contribution in [2.24, 2.45) is 0 Å². The number of likely N-dealkylation sites (N-methyl/N-ethyl adjacent to an activating group) is 4. The highest BCUT2D eigenvalue weighted by Gasteiger charge is 2.05. The van der Waals surface area contributed by atoms with E-state index in [0.717, 1.165) is 32.7 Å². The van der Waals surface area contributed by atoms with Crippen LogP contribution in [0.5, 0.6) is 0 Å². The molecule has 0 spiro atoms. The Hall–Kier alpha value is -0.160. The summed E-state index contributed by atoms with van der Waals surface area (Å²) in [6, 6.07) is 0. The molecule has 4 heteroatoms. The molecule has 4 nitrogen and oxygen atoms in total. The van der Waals surface area contributed by atoms with E-state index in [1.807, 2.05) is 7.05 Å². The molecule has 18 heavy (non-hydrogen) atoms. The van der Waals surface area contributed by atoms with Crippen molar-refractivity contribution in [2.45, 2.75) is 20.8 Å². The smallest absolute Gasteiger partial charge is 0.0110 e. The Morgan fingerprint density at radius 1 is 0.722 bits per heavy atom. The zero-order valence-electron chi connectivity index (χ0n) is 13.2. The Morgan fingerprint density at radius 2 is 1.22 bits per heavy atom. The van der Waals surface area contributed by atoms with Gasteiger partial charge in [0, 0.05) is 39.3 Å². The maximum Gasteiger partial charge on any atom is 0.0110 e. The average Bonchev–Trinajstić information content (AvgIpc) is 2.40. The summed E-state index contributed by atoms with van der Waals surface area (Å²) in [7, 11) is 4.25. The van der Waals surface area contributed by atoms with Gasteiger partial charge in [-0.05, 0) is 33.7 Å². The molecular formula is C14H34N4. The van der Waals surface area contributed by atoms with Crippen molar-refractivity contribution in [3.63, 3.8) is 0 Å². The molecule has 1 N–H and O–H groups in total. The van der Waals surface area contributed by atoms with E-state index >= 15 is 0 Å². The second-order valence-corrected chi connectivity index (χ2v) is 4.87. The van der Waals surface area contributed by atoms with Gasteiger partial charge in [-0.2, -0.15) is 0 Å². The van der Waals surface area contributed by atoms with Crippen molar-refractivity contribution in [3.8, 4) is 0 Å². The second kappa shape index (κ2) is 11.9. The molecule has 0 aromatic heterocycles. The van der Waals surface area contributed by atoms with Crippen molar-refractivity contribution in [1.29, 1.82) is 0 Å². The highest BCUT2D eigenvalue weighted by atomic mass is 15.2. The minimum atomic E-state index is 1.08. The Bertz CT molecular complexity index is 171. The summed E-state index contributed by atoms with van der Waals surface area (Å²) in [5.74, 6) is 0. The van der Waals surface area contributed by atoms with Gasteiger partial charge >= 0.3 is 0 Å². The first-order valence-electron chi connectivity index (χ1n) is 7.45. The lowest BCUT2D eigenvalue weighted by molar-refractivity contribution is 0.207. The molecule has 0 rings (SSSR count). The third kappa shape index (κ3) is 8.86. The largest absolute Gasteiger partial charge is 0.318 e. The number of hydrogen-bond donors (Lipinski definition) is 1. The van der Waals surface area contributed by atoms with Gasteiger partial charge in [-0.3, -0.25) is 0 Å². The van der Waals surface area contributed by atoms with E-state index in [2.05, 4.69) is 47.8 Å². The van der Waals surface area contributed by atoms with Gasteiger partial charge < -0.3 is 20.0 Å². The summed E-state index contributed by atoms with van der Waals surface area (Å²) in [6.45, 7) is 17.1. The standard InChI is InChI=1S/C14H34N4/c1-6-17(7-2)13-11-16(5)12-14-18(8-3)10-9-15-4/h15H,6-14H2,1-5H3. The van der Waals surface area contributed by atoms with Gasteiger partial charge in [-0.1, -0.05) is 20.8 Å². The Kier molecular flexibility index (Phi) is 11.8. The zero-order valence-corrected chi connectivity index (χ0v) is 13.2. The third-order valence-electron chi connectivity index (χ3n) is 3.62. The lowest BCUT2D eigenvalue weighted by atomic mass is 10.4. The number of hydrogen-bond acceptors (Lipinski definition) is 4. The molecule has 0 fully saturated rings. The van der Waals surface area contributed by atoms with Gasteiger partial charge in [0.2, 0.25) is 0 Å². The molecule has 0 saturated heterocycles. The lowest BCUT2D eigenvalue weighted by Gasteiger charge is -2.26. The van der Waals surface area contributed by atoms with Crippen LogP contribution in [0.15, 0.2) is 0 Å². The van der Waals surface area contributed by atoms with Gasteiger partial charge in [0.25, 0.3) is 0 Å². The van der Waals surface area contributed by atoms with Gasteiger partial charge in [0.1, 0.15) is 0 Å². The van der Waals surface area contributed by atoms with E-state index in [-0.39, 0.29) is 0 Å². The maximum absolute atomic E-state index is 3.21. The van der Waals surface area contributed by atoms with Crippen LogP contribution in [0.4, 0.5) is 0 Å². The fourth-order valence-corrected chi connectivity index (χ4v) is 1.97. The number of rotatable bonds is 12. The Labute approximate surface area is 114 Å². The van der Waals surface area contributed by atoms with Crippen molar-refractivity contribution in [2.75, 3.05) is 73.0 Å². The van der Waals surface area contributed by atoms with E-state index in [0.29, 0.717) is 0 Å².